The Morgan fingerprint density at radius 2 is 2.00 bits per heavy atom. The molecule has 3 aromatic heterocycles. The lowest BCUT2D eigenvalue weighted by Gasteiger charge is -2.34. The molecule has 10 heteroatoms. The zero-order valence-electron chi connectivity index (χ0n) is 19.6. The predicted molar refractivity (Wildman–Crippen MR) is 132 cm³/mol. The Hall–Kier alpha value is -3.81. The molecule has 35 heavy (non-hydrogen) atoms. The van der Waals surface area contributed by atoms with E-state index in [1.165, 1.54) is 0 Å². The van der Waals surface area contributed by atoms with Crippen LogP contribution in [-0.4, -0.2) is 54.8 Å². The summed E-state index contributed by atoms with van der Waals surface area (Å²) in [5.41, 5.74) is 2.32. The quantitative estimate of drug-likeness (QED) is 0.348. The highest BCUT2D eigenvalue weighted by Crippen LogP contribution is 2.34. The highest BCUT2D eigenvalue weighted by atomic mass is 32.1. The van der Waals surface area contributed by atoms with Crippen LogP contribution in [0.15, 0.2) is 50.8 Å². The van der Waals surface area contributed by atoms with Gasteiger partial charge in [0.15, 0.2) is 17.3 Å². The van der Waals surface area contributed by atoms with Gasteiger partial charge in [0, 0.05) is 43.7 Å². The molecule has 0 amide bonds. The largest absolute Gasteiger partial charge is 0.493 e. The van der Waals surface area contributed by atoms with E-state index in [0.717, 1.165) is 54.7 Å². The van der Waals surface area contributed by atoms with Gasteiger partial charge in [0.2, 0.25) is 11.6 Å². The topological polar surface area (TPSA) is 101 Å². The molecule has 0 N–H and O–H groups in total. The van der Waals surface area contributed by atoms with E-state index in [1.54, 1.807) is 36.8 Å². The molecule has 1 fully saturated rings. The molecule has 0 saturated carbocycles. The highest BCUT2D eigenvalue weighted by Gasteiger charge is 2.25. The number of nitriles is 1. The third-order valence-corrected chi connectivity index (χ3v) is 6.69. The summed E-state index contributed by atoms with van der Waals surface area (Å²) in [6, 6.07) is 11.6. The van der Waals surface area contributed by atoms with Crippen LogP contribution < -0.4 is 14.4 Å². The molecule has 1 saturated heterocycles. The van der Waals surface area contributed by atoms with E-state index in [4.69, 9.17) is 23.3 Å². The van der Waals surface area contributed by atoms with E-state index in [1.807, 2.05) is 25.1 Å². The van der Waals surface area contributed by atoms with Gasteiger partial charge >= 0.3 is 0 Å². The van der Waals surface area contributed by atoms with Gasteiger partial charge in [-0.1, -0.05) is 0 Å². The van der Waals surface area contributed by atoms with Crippen LogP contribution in [-0.2, 0) is 6.54 Å². The summed E-state index contributed by atoms with van der Waals surface area (Å²) in [5, 5.41) is 12.6. The zero-order valence-corrected chi connectivity index (χ0v) is 20.4. The molecule has 1 aliphatic rings. The Morgan fingerprint density at radius 1 is 1.14 bits per heavy atom. The molecule has 0 aliphatic carbocycles. The Kier molecular flexibility index (Phi) is 6.70. The first-order chi connectivity index (χ1) is 17.2. The fraction of sp³-hybridized carbons (Fsp3) is 0.320. The summed E-state index contributed by atoms with van der Waals surface area (Å²) in [7, 11) is 1.64. The predicted octanol–water partition coefficient (Wildman–Crippen LogP) is 4.66. The third-order valence-electron chi connectivity index (χ3n) is 5.75. The second kappa shape index (κ2) is 10.2. The number of anilines is 1. The van der Waals surface area contributed by atoms with E-state index in [9.17, 15) is 5.26 Å². The Labute approximate surface area is 207 Å². The van der Waals surface area contributed by atoms with Crippen LogP contribution in [0.4, 0.5) is 5.88 Å². The number of rotatable bonds is 8. The van der Waals surface area contributed by atoms with Gasteiger partial charge in [-0.3, -0.25) is 4.90 Å². The second-order valence-corrected chi connectivity index (χ2v) is 8.83. The van der Waals surface area contributed by atoms with Gasteiger partial charge in [-0.2, -0.15) is 10.2 Å². The van der Waals surface area contributed by atoms with Gasteiger partial charge in [0.1, 0.15) is 11.1 Å². The minimum Gasteiger partial charge on any atom is -0.493 e. The van der Waals surface area contributed by atoms with E-state index >= 15 is 0 Å². The van der Waals surface area contributed by atoms with E-state index in [2.05, 4.69) is 26.2 Å². The van der Waals surface area contributed by atoms with Crippen LogP contribution in [0.3, 0.4) is 0 Å². The van der Waals surface area contributed by atoms with Crippen molar-refractivity contribution in [1.29, 1.82) is 5.26 Å². The summed E-state index contributed by atoms with van der Waals surface area (Å²) >= 11 is 1.62. The summed E-state index contributed by atoms with van der Waals surface area (Å²) in [6.07, 6.45) is 1.56. The number of aromatic nitrogens is 2. The van der Waals surface area contributed by atoms with Crippen LogP contribution in [0.2, 0.25) is 0 Å². The van der Waals surface area contributed by atoms with Crippen LogP contribution in [0.1, 0.15) is 18.3 Å². The van der Waals surface area contributed by atoms with Crippen molar-refractivity contribution in [2.75, 3.05) is 44.8 Å². The number of furan rings is 1. The number of nitrogens with zero attached hydrogens (tertiary/aromatic N) is 5. The lowest BCUT2D eigenvalue weighted by molar-refractivity contribution is 0.244. The maximum absolute atomic E-state index is 9.52. The lowest BCUT2D eigenvalue weighted by Crippen LogP contribution is -2.46. The first-order valence-electron chi connectivity index (χ1n) is 11.4. The van der Waals surface area contributed by atoms with Crippen LogP contribution >= 0.6 is 11.3 Å². The van der Waals surface area contributed by atoms with Crippen molar-refractivity contribution in [3.63, 3.8) is 0 Å². The first kappa shape index (κ1) is 23.0. The molecule has 5 rings (SSSR count). The fourth-order valence-electron chi connectivity index (χ4n) is 4.03. The Morgan fingerprint density at radius 3 is 2.71 bits per heavy atom. The van der Waals surface area contributed by atoms with Crippen molar-refractivity contribution in [1.82, 2.24) is 14.9 Å². The summed E-state index contributed by atoms with van der Waals surface area (Å²) in [6.45, 7) is 6.41. The molecule has 4 heterocycles. The molecule has 0 spiro atoms. The van der Waals surface area contributed by atoms with Gasteiger partial charge in [-0.05, 0) is 37.3 Å². The smallest absolute Gasteiger partial charge is 0.266 e. The molecule has 0 bridgehead atoms. The minimum absolute atomic E-state index is 0.278. The molecular formula is C25H25N5O4S. The van der Waals surface area contributed by atoms with E-state index in [0.29, 0.717) is 29.9 Å². The van der Waals surface area contributed by atoms with Crippen molar-refractivity contribution in [3.05, 3.63) is 53.4 Å². The summed E-state index contributed by atoms with van der Waals surface area (Å²) in [4.78, 5) is 13.6. The van der Waals surface area contributed by atoms with Crippen molar-refractivity contribution in [2.45, 2.75) is 13.5 Å². The summed E-state index contributed by atoms with van der Waals surface area (Å²) in [5.74, 6) is 2.77. The molecule has 0 atom stereocenters. The number of thiazole rings is 1. The van der Waals surface area contributed by atoms with Crippen molar-refractivity contribution in [2.24, 2.45) is 0 Å². The standard InChI is InChI=1S/C25H25N5O4S/c1-3-32-20-7-6-17(13-22(20)31-2)24-27-18(16-35-24)15-29-8-10-30(11-9-29)25-19(14-26)28-23(34-25)21-5-4-12-33-21/h4-7,12-13,16H,3,8-11,15H2,1-2H3. The number of benzene rings is 1. The van der Waals surface area contributed by atoms with Gasteiger partial charge in [-0.25, -0.2) is 4.98 Å². The number of hydrogen-bond acceptors (Lipinski definition) is 10. The average molecular weight is 492 g/mol. The maximum Gasteiger partial charge on any atom is 0.266 e. The van der Waals surface area contributed by atoms with Crippen LogP contribution in [0.5, 0.6) is 11.5 Å². The molecule has 1 aliphatic heterocycles. The number of piperazine rings is 1. The summed E-state index contributed by atoms with van der Waals surface area (Å²) < 4.78 is 22.3. The van der Waals surface area contributed by atoms with Gasteiger partial charge in [0.05, 0.1) is 25.7 Å². The van der Waals surface area contributed by atoms with Crippen LogP contribution in [0, 0.1) is 11.3 Å². The normalized spacial score (nSPS) is 14.1. The molecule has 4 aromatic rings. The molecule has 180 valence electrons. The maximum atomic E-state index is 9.52. The lowest BCUT2D eigenvalue weighted by atomic mass is 10.2. The molecule has 9 nitrogen and oxygen atoms in total. The molecular weight excluding hydrogens is 466 g/mol. The minimum atomic E-state index is 0.278. The number of ether oxygens (including phenoxy) is 2. The number of hydrogen-bond donors (Lipinski definition) is 0. The Bertz CT molecular complexity index is 1320. The first-order valence-corrected chi connectivity index (χ1v) is 12.2. The SMILES string of the molecule is CCOc1ccc(-c2nc(CN3CCN(c4oc(-c5ccco5)nc4C#N)CC3)cs2)cc1OC. The number of methoxy groups -OCH3 is 1. The third kappa shape index (κ3) is 4.87. The van der Waals surface area contributed by atoms with E-state index in [-0.39, 0.29) is 5.69 Å². The van der Waals surface area contributed by atoms with Crippen molar-refractivity contribution < 1.29 is 18.3 Å². The second-order valence-electron chi connectivity index (χ2n) is 7.97. The monoisotopic (exact) mass is 491 g/mol. The van der Waals surface area contributed by atoms with Gasteiger partial charge in [0.25, 0.3) is 5.89 Å². The molecule has 1 aromatic carbocycles. The van der Waals surface area contributed by atoms with Gasteiger partial charge < -0.3 is 23.2 Å². The van der Waals surface area contributed by atoms with E-state index < -0.39 is 0 Å². The van der Waals surface area contributed by atoms with Crippen molar-refractivity contribution >= 4 is 17.2 Å². The van der Waals surface area contributed by atoms with Crippen molar-refractivity contribution in [3.8, 4) is 39.8 Å². The fourth-order valence-corrected chi connectivity index (χ4v) is 4.84. The molecule has 0 radical (unpaired) electrons. The number of oxazole rings is 1. The highest BCUT2D eigenvalue weighted by molar-refractivity contribution is 7.13. The van der Waals surface area contributed by atoms with Crippen LogP contribution in [0.25, 0.3) is 22.2 Å². The van der Waals surface area contributed by atoms with Gasteiger partial charge in [-0.15, -0.1) is 11.3 Å². The Balaban J connectivity index is 1.22. The zero-order chi connectivity index (χ0) is 24.2. The molecule has 0 unspecified atom stereocenters. The average Bonchev–Trinajstić information content (AvgIpc) is 3.65.